The first-order valence-electron chi connectivity index (χ1n) is 7.50. The Labute approximate surface area is 125 Å². The Balaban J connectivity index is 2.76. The van der Waals surface area contributed by atoms with Gasteiger partial charge in [-0.05, 0) is 66.8 Å². The van der Waals surface area contributed by atoms with E-state index in [1.54, 1.807) is 0 Å². The van der Waals surface area contributed by atoms with E-state index in [1.165, 1.54) is 11.1 Å². The molecule has 1 aromatic rings. The minimum absolute atomic E-state index is 0.207. The first-order chi connectivity index (χ1) is 9.00. The summed E-state index contributed by atoms with van der Waals surface area (Å²) < 4.78 is 0. The molecule has 0 heterocycles. The highest BCUT2D eigenvalue weighted by Gasteiger charge is 2.18. The number of benzene rings is 1. The monoisotopic (exact) mass is 276 g/mol. The van der Waals surface area contributed by atoms with Crippen LogP contribution < -0.4 is 0 Å². The van der Waals surface area contributed by atoms with Crippen LogP contribution in [0.25, 0.3) is 0 Å². The maximum atomic E-state index is 2.39. The van der Waals surface area contributed by atoms with Gasteiger partial charge in [-0.15, -0.1) is 0 Å². The van der Waals surface area contributed by atoms with Crippen molar-refractivity contribution in [2.24, 2.45) is 0 Å². The quantitative estimate of drug-likeness (QED) is 0.815. The fraction of sp³-hybridized carbons (Fsp3) is 0.667. The zero-order chi connectivity index (χ0) is 15.6. The summed E-state index contributed by atoms with van der Waals surface area (Å²) in [5, 5.41) is 0. The van der Waals surface area contributed by atoms with E-state index in [9.17, 15) is 0 Å². The summed E-state index contributed by atoms with van der Waals surface area (Å²) in [5.74, 6) is 0. The van der Waals surface area contributed by atoms with Crippen molar-refractivity contribution in [2.45, 2.75) is 65.7 Å². The van der Waals surface area contributed by atoms with Gasteiger partial charge in [-0.2, -0.15) is 0 Å². The number of hydrogen-bond donors (Lipinski definition) is 0. The molecule has 1 aromatic carbocycles. The average molecular weight is 276 g/mol. The summed E-state index contributed by atoms with van der Waals surface area (Å²) in [6.45, 7) is 15.5. The molecule has 1 rings (SSSR count). The SMILES string of the molecule is CN(Cc1cccc(CN(C)C(C)(C)C)c1)C(C)(C)C. The van der Waals surface area contributed by atoms with Gasteiger partial charge in [0.05, 0.1) is 0 Å². The van der Waals surface area contributed by atoms with Crippen LogP contribution in [-0.4, -0.2) is 35.0 Å². The second-order valence-corrected chi connectivity index (χ2v) is 7.87. The average Bonchev–Trinajstić information content (AvgIpc) is 2.26. The van der Waals surface area contributed by atoms with Crippen molar-refractivity contribution < 1.29 is 0 Å². The molecule has 114 valence electrons. The third-order valence-corrected chi connectivity index (χ3v) is 4.12. The van der Waals surface area contributed by atoms with Crippen molar-refractivity contribution in [3.05, 3.63) is 35.4 Å². The largest absolute Gasteiger partial charge is 0.297 e. The lowest BCUT2D eigenvalue weighted by Crippen LogP contribution is -2.38. The van der Waals surface area contributed by atoms with Crippen LogP contribution in [0.5, 0.6) is 0 Å². The summed E-state index contributed by atoms with van der Waals surface area (Å²) >= 11 is 0. The lowest BCUT2D eigenvalue weighted by Gasteiger charge is -2.33. The van der Waals surface area contributed by atoms with E-state index in [2.05, 4.69) is 89.7 Å². The Hall–Kier alpha value is -0.860. The van der Waals surface area contributed by atoms with Gasteiger partial charge in [0.1, 0.15) is 0 Å². The molecule has 0 bridgehead atoms. The van der Waals surface area contributed by atoms with Crippen molar-refractivity contribution in [1.82, 2.24) is 9.80 Å². The molecule has 20 heavy (non-hydrogen) atoms. The Bertz CT molecular complexity index is 387. The summed E-state index contributed by atoms with van der Waals surface area (Å²) in [5.41, 5.74) is 3.20. The third kappa shape index (κ3) is 5.26. The number of hydrogen-bond acceptors (Lipinski definition) is 2. The van der Waals surface area contributed by atoms with Crippen molar-refractivity contribution in [2.75, 3.05) is 14.1 Å². The first-order valence-corrected chi connectivity index (χ1v) is 7.50. The van der Waals surface area contributed by atoms with Gasteiger partial charge < -0.3 is 0 Å². The van der Waals surface area contributed by atoms with E-state index in [1.807, 2.05) is 0 Å². The Morgan fingerprint density at radius 1 is 0.750 bits per heavy atom. The molecule has 0 saturated heterocycles. The molecule has 0 radical (unpaired) electrons. The Morgan fingerprint density at radius 2 is 1.10 bits per heavy atom. The minimum atomic E-state index is 0.207. The Morgan fingerprint density at radius 3 is 1.40 bits per heavy atom. The highest BCUT2D eigenvalue weighted by Crippen LogP contribution is 2.18. The van der Waals surface area contributed by atoms with Crippen LogP contribution in [0.2, 0.25) is 0 Å². The normalized spacial score (nSPS) is 13.3. The fourth-order valence-electron chi connectivity index (χ4n) is 1.85. The third-order valence-electron chi connectivity index (χ3n) is 4.12. The fourth-order valence-corrected chi connectivity index (χ4v) is 1.85. The molecule has 0 aliphatic rings. The van der Waals surface area contributed by atoms with Gasteiger partial charge in [0.15, 0.2) is 0 Å². The van der Waals surface area contributed by atoms with Gasteiger partial charge in [0.2, 0.25) is 0 Å². The van der Waals surface area contributed by atoms with Crippen molar-refractivity contribution in [1.29, 1.82) is 0 Å². The predicted octanol–water partition coefficient (Wildman–Crippen LogP) is 4.15. The van der Waals surface area contributed by atoms with E-state index >= 15 is 0 Å². The van der Waals surface area contributed by atoms with Crippen molar-refractivity contribution in [3.8, 4) is 0 Å². The van der Waals surface area contributed by atoms with Crippen LogP contribution in [-0.2, 0) is 13.1 Å². The highest BCUT2D eigenvalue weighted by atomic mass is 15.2. The molecule has 0 spiro atoms. The second kappa shape index (κ2) is 6.28. The zero-order valence-corrected chi connectivity index (χ0v) is 14.6. The van der Waals surface area contributed by atoms with Crippen molar-refractivity contribution >= 4 is 0 Å². The standard InChI is InChI=1S/C18H32N2/c1-17(2,3)19(7)13-15-10-9-11-16(12-15)14-20(8)18(4,5)6/h9-12H,13-14H2,1-8H3. The van der Waals surface area contributed by atoms with E-state index in [4.69, 9.17) is 0 Å². The lowest BCUT2D eigenvalue weighted by atomic mass is 10.0. The van der Waals surface area contributed by atoms with Gasteiger partial charge in [-0.25, -0.2) is 0 Å². The first kappa shape index (κ1) is 17.2. The van der Waals surface area contributed by atoms with Crippen molar-refractivity contribution in [3.63, 3.8) is 0 Å². The van der Waals surface area contributed by atoms with E-state index in [-0.39, 0.29) is 11.1 Å². The molecule has 0 aliphatic carbocycles. The molecule has 0 fully saturated rings. The highest BCUT2D eigenvalue weighted by molar-refractivity contribution is 5.23. The predicted molar refractivity (Wildman–Crippen MR) is 88.9 cm³/mol. The minimum Gasteiger partial charge on any atom is -0.297 e. The number of nitrogens with zero attached hydrogens (tertiary/aromatic N) is 2. The molecule has 0 saturated carbocycles. The molecule has 0 aromatic heterocycles. The van der Waals surface area contributed by atoms with Crippen LogP contribution >= 0.6 is 0 Å². The molecular weight excluding hydrogens is 244 g/mol. The van der Waals surface area contributed by atoms with Gasteiger partial charge in [-0.3, -0.25) is 9.80 Å². The zero-order valence-electron chi connectivity index (χ0n) is 14.6. The number of rotatable bonds is 4. The van der Waals surface area contributed by atoms with Gasteiger partial charge >= 0.3 is 0 Å². The van der Waals surface area contributed by atoms with Gasteiger partial charge in [-0.1, -0.05) is 24.3 Å². The van der Waals surface area contributed by atoms with Gasteiger partial charge in [0.25, 0.3) is 0 Å². The maximum Gasteiger partial charge on any atom is 0.0235 e. The van der Waals surface area contributed by atoms with E-state index < -0.39 is 0 Å². The Kier molecular flexibility index (Phi) is 5.39. The molecule has 0 amide bonds. The topological polar surface area (TPSA) is 6.48 Å². The van der Waals surface area contributed by atoms with Crippen LogP contribution in [0.1, 0.15) is 52.7 Å². The van der Waals surface area contributed by atoms with Crippen LogP contribution in [0, 0.1) is 0 Å². The summed E-state index contributed by atoms with van der Waals surface area (Å²) in [6, 6.07) is 8.97. The maximum absolute atomic E-state index is 2.39. The molecule has 2 heteroatoms. The van der Waals surface area contributed by atoms with Gasteiger partial charge in [0, 0.05) is 24.2 Å². The molecule has 0 unspecified atom stereocenters. The molecule has 0 aliphatic heterocycles. The van der Waals surface area contributed by atoms with Crippen LogP contribution in [0.4, 0.5) is 0 Å². The molecule has 0 N–H and O–H groups in total. The van der Waals surface area contributed by atoms with E-state index in [0.29, 0.717) is 0 Å². The molecular formula is C18H32N2. The molecule has 2 nitrogen and oxygen atoms in total. The summed E-state index contributed by atoms with van der Waals surface area (Å²) in [4.78, 5) is 4.78. The summed E-state index contributed by atoms with van der Waals surface area (Å²) in [7, 11) is 4.38. The smallest absolute Gasteiger partial charge is 0.0235 e. The summed E-state index contributed by atoms with van der Waals surface area (Å²) in [6.07, 6.45) is 0. The second-order valence-electron chi connectivity index (χ2n) is 7.87. The van der Waals surface area contributed by atoms with Crippen LogP contribution in [0.3, 0.4) is 0 Å². The molecule has 0 atom stereocenters. The van der Waals surface area contributed by atoms with E-state index in [0.717, 1.165) is 13.1 Å². The lowest BCUT2D eigenvalue weighted by molar-refractivity contribution is 0.164. The van der Waals surface area contributed by atoms with Crippen LogP contribution in [0.15, 0.2) is 24.3 Å².